The number of rotatable bonds is 5. The third kappa shape index (κ3) is 3.20. The lowest BCUT2D eigenvalue weighted by molar-refractivity contribution is 0.1000. The maximum Gasteiger partial charge on any atom is 0.248 e. The van der Waals surface area contributed by atoms with Crippen LogP contribution in [0, 0.1) is 5.82 Å². The molecule has 0 spiro atoms. The van der Waals surface area contributed by atoms with Crippen molar-refractivity contribution in [2.24, 2.45) is 5.73 Å². The Morgan fingerprint density at radius 2 is 2.39 bits per heavy atom. The van der Waals surface area contributed by atoms with Gasteiger partial charge in [0.25, 0.3) is 0 Å². The number of primary amides is 1. The van der Waals surface area contributed by atoms with Gasteiger partial charge in [-0.15, -0.1) is 0 Å². The van der Waals surface area contributed by atoms with Crippen molar-refractivity contribution < 1.29 is 9.18 Å². The SMILES string of the molecule is NC(=O)c1ccc(NCCC2CCCN2)c(F)c1. The molecule has 0 radical (unpaired) electrons. The first-order valence-corrected chi connectivity index (χ1v) is 6.23. The molecule has 18 heavy (non-hydrogen) atoms. The minimum Gasteiger partial charge on any atom is -0.383 e. The lowest BCUT2D eigenvalue weighted by Gasteiger charge is -2.12. The predicted molar refractivity (Wildman–Crippen MR) is 69.0 cm³/mol. The van der Waals surface area contributed by atoms with Gasteiger partial charge in [0.15, 0.2) is 0 Å². The number of benzene rings is 1. The molecule has 1 atom stereocenters. The van der Waals surface area contributed by atoms with Crippen LogP contribution in [0.4, 0.5) is 10.1 Å². The van der Waals surface area contributed by atoms with E-state index in [4.69, 9.17) is 5.73 Å². The molecular weight excluding hydrogens is 233 g/mol. The number of halogens is 1. The van der Waals surface area contributed by atoms with Crippen molar-refractivity contribution in [2.75, 3.05) is 18.4 Å². The highest BCUT2D eigenvalue weighted by Crippen LogP contribution is 2.16. The van der Waals surface area contributed by atoms with Gasteiger partial charge < -0.3 is 16.4 Å². The summed E-state index contributed by atoms with van der Waals surface area (Å²) in [6, 6.07) is 4.78. The molecule has 1 aromatic rings. The second-order valence-corrected chi connectivity index (χ2v) is 4.57. The normalized spacial score (nSPS) is 18.8. The van der Waals surface area contributed by atoms with Gasteiger partial charge in [-0.25, -0.2) is 4.39 Å². The number of hydrogen-bond acceptors (Lipinski definition) is 3. The average molecular weight is 251 g/mol. The molecule has 0 bridgehead atoms. The highest BCUT2D eigenvalue weighted by atomic mass is 19.1. The van der Waals surface area contributed by atoms with Crippen LogP contribution in [0.3, 0.4) is 0 Å². The zero-order valence-corrected chi connectivity index (χ0v) is 10.2. The molecule has 0 aromatic heterocycles. The zero-order chi connectivity index (χ0) is 13.0. The fourth-order valence-corrected chi connectivity index (χ4v) is 2.20. The number of nitrogens with two attached hydrogens (primary N) is 1. The lowest BCUT2D eigenvalue weighted by atomic mass is 10.1. The van der Waals surface area contributed by atoms with Crippen molar-refractivity contribution in [3.63, 3.8) is 0 Å². The molecule has 4 N–H and O–H groups in total. The van der Waals surface area contributed by atoms with E-state index in [1.165, 1.54) is 25.0 Å². The molecule has 98 valence electrons. The van der Waals surface area contributed by atoms with Crippen molar-refractivity contribution in [1.29, 1.82) is 0 Å². The zero-order valence-electron chi connectivity index (χ0n) is 10.2. The van der Waals surface area contributed by atoms with Crippen LogP contribution in [0.1, 0.15) is 29.6 Å². The van der Waals surface area contributed by atoms with Gasteiger partial charge in [0.05, 0.1) is 5.69 Å². The van der Waals surface area contributed by atoms with E-state index in [0.717, 1.165) is 13.0 Å². The number of carbonyl (C=O) groups excluding carboxylic acids is 1. The molecule has 4 nitrogen and oxygen atoms in total. The van der Waals surface area contributed by atoms with E-state index in [2.05, 4.69) is 10.6 Å². The number of hydrogen-bond donors (Lipinski definition) is 3. The Morgan fingerprint density at radius 1 is 1.56 bits per heavy atom. The first kappa shape index (κ1) is 12.8. The maximum absolute atomic E-state index is 13.6. The van der Waals surface area contributed by atoms with Crippen LogP contribution in [-0.2, 0) is 0 Å². The summed E-state index contributed by atoms with van der Waals surface area (Å²) in [6.07, 6.45) is 3.37. The molecule has 0 saturated carbocycles. The molecular formula is C13H18FN3O. The minimum atomic E-state index is -0.615. The Hall–Kier alpha value is -1.62. The van der Waals surface area contributed by atoms with Crippen LogP contribution in [0.2, 0.25) is 0 Å². The highest BCUT2D eigenvalue weighted by molar-refractivity contribution is 5.93. The van der Waals surface area contributed by atoms with E-state index in [9.17, 15) is 9.18 Å². The molecule has 1 fully saturated rings. The summed E-state index contributed by atoms with van der Waals surface area (Å²) in [5.74, 6) is -1.05. The molecule has 0 aliphatic carbocycles. The fourth-order valence-electron chi connectivity index (χ4n) is 2.20. The third-order valence-corrected chi connectivity index (χ3v) is 3.22. The van der Waals surface area contributed by atoms with E-state index in [1.807, 2.05) is 0 Å². The fraction of sp³-hybridized carbons (Fsp3) is 0.462. The van der Waals surface area contributed by atoms with E-state index in [1.54, 1.807) is 6.07 Å². The summed E-state index contributed by atoms with van der Waals surface area (Å²) in [5, 5.41) is 6.43. The van der Waals surface area contributed by atoms with Crippen molar-refractivity contribution in [1.82, 2.24) is 5.32 Å². The first-order chi connectivity index (χ1) is 8.66. The van der Waals surface area contributed by atoms with Crippen LogP contribution in [-0.4, -0.2) is 25.0 Å². The van der Waals surface area contributed by atoms with Gasteiger partial charge in [-0.05, 0) is 44.0 Å². The first-order valence-electron chi connectivity index (χ1n) is 6.23. The monoisotopic (exact) mass is 251 g/mol. The van der Waals surface area contributed by atoms with Gasteiger partial charge in [-0.3, -0.25) is 4.79 Å². The van der Waals surface area contributed by atoms with E-state index in [0.29, 0.717) is 18.3 Å². The second-order valence-electron chi connectivity index (χ2n) is 4.57. The van der Waals surface area contributed by atoms with Gasteiger partial charge >= 0.3 is 0 Å². The molecule has 1 unspecified atom stereocenters. The van der Waals surface area contributed by atoms with Crippen molar-refractivity contribution >= 4 is 11.6 Å². The summed E-state index contributed by atoms with van der Waals surface area (Å²) >= 11 is 0. The Kier molecular flexibility index (Phi) is 4.15. The van der Waals surface area contributed by atoms with Crippen LogP contribution in [0.15, 0.2) is 18.2 Å². The summed E-state index contributed by atoms with van der Waals surface area (Å²) in [5.41, 5.74) is 5.69. The molecule has 5 heteroatoms. The number of carbonyl (C=O) groups is 1. The van der Waals surface area contributed by atoms with Crippen molar-refractivity contribution in [3.05, 3.63) is 29.6 Å². The summed E-state index contributed by atoms with van der Waals surface area (Å²) in [4.78, 5) is 10.9. The smallest absolute Gasteiger partial charge is 0.248 e. The van der Waals surface area contributed by atoms with E-state index < -0.39 is 11.7 Å². The maximum atomic E-state index is 13.6. The highest BCUT2D eigenvalue weighted by Gasteiger charge is 2.13. The van der Waals surface area contributed by atoms with Crippen LogP contribution in [0.5, 0.6) is 0 Å². The molecule has 1 heterocycles. The molecule has 1 aromatic carbocycles. The predicted octanol–water partition coefficient (Wildman–Crippen LogP) is 1.48. The largest absolute Gasteiger partial charge is 0.383 e. The van der Waals surface area contributed by atoms with Crippen LogP contribution < -0.4 is 16.4 Å². The quantitative estimate of drug-likeness (QED) is 0.742. The van der Waals surface area contributed by atoms with Crippen LogP contribution in [0.25, 0.3) is 0 Å². The summed E-state index contributed by atoms with van der Waals surface area (Å²) < 4.78 is 13.6. The number of nitrogens with one attached hydrogen (secondary N) is 2. The van der Waals surface area contributed by atoms with Crippen LogP contribution >= 0.6 is 0 Å². The van der Waals surface area contributed by atoms with Gasteiger partial charge in [-0.2, -0.15) is 0 Å². The van der Waals surface area contributed by atoms with Gasteiger partial charge in [0.1, 0.15) is 5.82 Å². The average Bonchev–Trinajstić information content (AvgIpc) is 2.84. The van der Waals surface area contributed by atoms with Crippen molar-refractivity contribution in [2.45, 2.75) is 25.3 Å². The van der Waals surface area contributed by atoms with E-state index >= 15 is 0 Å². The van der Waals surface area contributed by atoms with Gasteiger partial charge in [-0.1, -0.05) is 0 Å². The topological polar surface area (TPSA) is 67.2 Å². The van der Waals surface area contributed by atoms with E-state index in [-0.39, 0.29) is 5.56 Å². The minimum absolute atomic E-state index is 0.190. The lowest BCUT2D eigenvalue weighted by Crippen LogP contribution is -2.24. The molecule has 1 amide bonds. The summed E-state index contributed by atoms with van der Waals surface area (Å²) in [6.45, 7) is 1.79. The Morgan fingerprint density at radius 3 is 3.00 bits per heavy atom. The van der Waals surface area contributed by atoms with Gasteiger partial charge in [0, 0.05) is 18.2 Å². The Balaban J connectivity index is 1.87. The third-order valence-electron chi connectivity index (χ3n) is 3.22. The second kappa shape index (κ2) is 5.82. The molecule has 2 rings (SSSR count). The molecule has 1 aliphatic heterocycles. The standard InChI is InChI=1S/C13H18FN3O/c14-11-8-9(13(15)18)3-4-12(11)17-7-5-10-2-1-6-16-10/h3-4,8,10,16-17H,1-2,5-7H2,(H2,15,18). The molecule has 1 saturated heterocycles. The molecule has 1 aliphatic rings. The Bertz CT molecular complexity index is 430. The van der Waals surface area contributed by atoms with Crippen molar-refractivity contribution in [3.8, 4) is 0 Å². The Labute approximate surface area is 106 Å². The number of anilines is 1. The summed E-state index contributed by atoms with van der Waals surface area (Å²) in [7, 11) is 0. The van der Waals surface area contributed by atoms with Gasteiger partial charge in [0.2, 0.25) is 5.91 Å². The number of amides is 1.